The average Bonchev–Trinajstić information content (AvgIpc) is 3.00. The quantitative estimate of drug-likeness (QED) is 0.298. The first-order chi connectivity index (χ1) is 15.1. The molecule has 0 radical (unpaired) electrons. The van der Waals surface area contributed by atoms with Gasteiger partial charge in [-0.05, 0) is 56.3 Å². The van der Waals surface area contributed by atoms with Crippen LogP contribution in [0.2, 0.25) is 0 Å². The second kappa shape index (κ2) is 9.39. The van der Waals surface area contributed by atoms with E-state index in [4.69, 9.17) is 0 Å². The van der Waals surface area contributed by atoms with Crippen molar-refractivity contribution in [3.8, 4) is 5.69 Å². The lowest BCUT2D eigenvalue weighted by atomic mass is 10.2. The number of carbonyl (C=O) groups is 2. The number of nitrogens with zero attached hydrogens (tertiary/aromatic N) is 2. The molecule has 0 saturated heterocycles. The molecule has 0 spiro atoms. The molecular weight excluding hydrogens is 489 g/mol. The van der Waals surface area contributed by atoms with Gasteiger partial charge in [0.15, 0.2) is 0 Å². The van der Waals surface area contributed by atoms with E-state index in [1.807, 2.05) is 48.7 Å². The van der Waals surface area contributed by atoms with Crippen LogP contribution in [-0.4, -0.2) is 22.6 Å². The summed E-state index contributed by atoms with van der Waals surface area (Å²) in [6.07, 6.45) is -3.16. The molecule has 0 aliphatic rings. The van der Waals surface area contributed by atoms with E-state index in [1.165, 1.54) is 12.3 Å². The molecule has 0 atom stereocenters. The Morgan fingerprint density at radius 1 is 1.03 bits per heavy atom. The minimum atomic E-state index is -4.56. The molecule has 32 heavy (non-hydrogen) atoms. The normalized spacial score (nSPS) is 11.6. The molecule has 1 heterocycles. The summed E-state index contributed by atoms with van der Waals surface area (Å²) in [5.74, 6) is -2.25. The van der Waals surface area contributed by atoms with Crippen molar-refractivity contribution < 1.29 is 22.8 Å². The number of hydrazone groups is 1. The summed E-state index contributed by atoms with van der Waals surface area (Å²) in [5.41, 5.74) is 4.47. The van der Waals surface area contributed by atoms with Crippen molar-refractivity contribution >= 4 is 39.6 Å². The van der Waals surface area contributed by atoms with Crippen molar-refractivity contribution in [3.63, 3.8) is 0 Å². The minimum Gasteiger partial charge on any atom is -0.318 e. The first-order valence-corrected chi connectivity index (χ1v) is 10.1. The monoisotopic (exact) mass is 506 g/mol. The van der Waals surface area contributed by atoms with Crippen LogP contribution < -0.4 is 10.7 Å². The van der Waals surface area contributed by atoms with Crippen molar-refractivity contribution in [3.05, 3.63) is 81.6 Å². The van der Waals surface area contributed by atoms with Crippen molar-refractivity contribution in [2.45, 2.75) is 20.0 Å². The summed E-state index contributed by atoms with van der Waals surface area (Å²) in [6.45, 7) is 3.81. The van der Waals surface area contributed by atoms with E-state index in [-0.39, 0.29) is 5.69 Å². The summed E-state index contributed by atoms with van der Waals surface area (Å²) in [4.78, 5) is 23.9. The van der Waals surface area contributed by atoms with Crippen LogP contribution in [0.15, 0.2) is 64.2 Å². The third-order valence-corrected chi connectivity index (χ3v) is 5.05. The average molecular weight is 507 g/mol. The van der Waals surface area contributed by atoms with Crippen LogP contribution in [0.5, 0.6) is 0 Å². The first kappa shape index (κ1) is 23.3. The van der Waals surface area contributed by atoms with E-state index in [2.05, 4.69) is 31.8 Å². The van der Waals surface area contributed by atoms with Gasteiger partial charge in [0, 0.05) is 32.8 Å². The SMILES string of the molecule is Cc1cc(/C=N\NC(=O)C(=O)Nc2cccc(C(F)(F)F)c2)c(C)n1-c1cccc(Br)c1. The molecule has 2 N–H and O–H groups in total. The number of aryl methyl sites for hydroxylation is 1. The van der Waals surface area contributed by atoms with E-state index in [1.54, 1.807) is 0 Å². The van der Waals surface area contributed by atoms with Gasteiger partial charge in [-0.2, -0.15) is 18.3 Å². The molecule has 166 valence electrons. The third-order valence-electron chi connectivity index (χ3n) is 4.56. The molecule has 10 heteroatoms. The van der Waals surface area contributed by atoms with Gasteiger partial charge >= 0.3 is 18.0 Å². The van der Waals surface area contributed by atoms with E-state index < -0.39 is 23.6 Å². The molecule has 0 fully saturated rings. The van der Waals surface area contributed by atoms with Crippen LogP contribution in [0.1, 0.15) is 22.5 Å². The van der Waals surface area contributed by atoms with Gasteiger partial charge in [0.1, 0.15) is 0 Å². The number of anilines is 1. The zero-order chi connectivity index (χ0) is 23.5. The maximum atomic E-state index is 12.8. The molecule has 3 rings (SSSR count). The van der Waals surface area contributed by atoms with Crippen molar-refractivity contribution in [2.24, 2.45) is 5.10 Å². The summed E-state index contributed by atoms with van der Waals surface area (Å²) >= 11 is 3.44. The maximum Gasteiger partial charge on any atom is 0.416 e. The zero-order valence-corrected chi connectivity index (χ0v) is 18.6. The number of halogens is 4. The molecule has 0 aliphatic carbocycles. The van der Waals surface area contributed by atoms with Crippen molar-refractivity contribution in [1.82, 2.24) is 9.99 Å². The summed E-state index contributed by atoms with van der Waals surface area (Å²) in [6, 6.07) is 13.6. The Kier molecular flexibility index (Phi) is 6.83. The largest absolute Gasteiger partial charge is 0.416 e. The minimum absolute atomic E-state index is 0.151. The smallest absolute Gasteiger partial charge is 0.318 e. The third kappa shape index (κ3) is 5.44. The Balaban J connectivity index is 1.67. The number of amides is 2. The molecule has 0 unspecified atom stereocenters. The number of hydrogen-bond donors (Lipinski definition) is 2. The van der Waals surface area contributed by atoms with E-state index in [9.17, 15) is 22.8 Å². The number of aromatic nitrogens is 1. The highest BCUT2D eigenvalue weighted by molar-refractivity contribution is 9.10. The molecule has 0 saturated carbocycles. The molecular formula is C22H18BrF3N4O2. The molecule has 2 amide bonds. The number of nitrogens with one attached hydrogen (secondary N) is 2. The topological polar surface area (TPSA) is 75.5 Å². The van der Waals surface area contributed by atoms with E-state index in [0.717, 1.165) is 45.3 Å². The highest BCUT2D eigenvalue weighted by atomic mass is 79.9. The standard InChI is InChI=1S/C22H18BrF3N4O2/c1-13-9-15(14(2)30(13)19-8-4-6-17(23)11-19)12-27-29-21(32)20(31)28-18-7-3-5-16(10-18)22(24,25)26/h3-12H,1-2H3,(H,28,31)(H,29,32)/b27-12-. The highest BCUT2D eigenvalue weighted by Gasteiger charge is 2.30. The summed E-state index contributed by atoms with van der Waals surface area (Å²) < 4.78 is 41.2. The second-order valence-corrected chi connectivity index (χ2v) is 7.79. The molecule has 0 bridgehead atoms. The predicted octanol–water partition coefficient (Wildman–Crippen LogP) is 4.96. The molecule has 3 aromatic rings. The Morgan fingerprint density at radius 3 is 2.44 bits per heavy atom. The van der Waals surface area contributed by atoms with Crippen LogP contribution >= 0.6 is 15.9 Å². The number of hydrogen-bond acceptors (Lipinski definition) is 3. The lowest BCUT2D eigenvalue weighted by Crippen LogP contribution is -2.32. The summed E-state index contributed by atoms with van der Waals surface area (Å²) in [5, 5.41) is 5.92. The molecule has 0 aliphatic heterocycles. The van der Waals surface area contributed by atoms with E-state index >= 15 is 0 Å². The molecule has 1 aromatic heterocycles. The second-order valence-electron chi connectivity index (χ2n) is 6.87. The van der Waals surface area contributed by atoms with Gasteiger partial charge in [0.2, 0.25) is 0 Å². The Hall–Kier alpha value is -3.40. The predicted molar refractivity (Wildman–Crippen MR) is 119 cm³/mol. The van der Waals surface area contributed by atoms with Crippen molar-refractivity contribution in [1.29, 1.82) is 0 Å². The van der Waals surface area contributed by atoms with Crippen LogP contribution in [-0.2, 0) is 15.8 Å². The fourth-order valence-electron chi connectivity index (χ4n) is 3.10. The van der Waals surface area contributed by atoms with Crippen LogP contribution in [0.25, 0.3) is 5.69 Å². The Bertz CT molecular complexity index is 1200. The molecule has 6 nitrogen and oxygen atoms in total. The number of rotatable bonds is 4. The van der Waals surface area contributed by atoms with Gasteiger partial charge in [-0.1, -0.05) is 28.1 Å². The van der Waals surface area contributed by atoms with Crippen molar-refractivity contribution in [2.75, 3.05) is 5.32 Å². The van der Waals surface area contributed by atoms with Crippen LogP contribution in [0.4, 0.5) is 18.9 Å². The maximum absolute atomic E-state index is 12.8. The Labute approximate surface area is 190 Å². The summed E-state index contributed by atoms with van der Waals surface area (Å²) in [7, 11) is 0. The number of benzene rings is 2. The van der Waals surface area contributed by atoms with Gasteiger partial charge < -0.3 is 9.88 Å². The zero-order valence-electron chi connectivity index (χ0n) is 17.0. The fourth-order valence-corrected chi connectivity index (χ4v) is 3.49. The Morgan fingerprint density at radius 2 is 1.75 bits per heavy atom. The van der Waals surface area contributed by atoms with Gasteiger partial charge in [-0.25, -0.2) is 5.43 Å². The molecule has 2 aromatic carbocycles. The van der Waals surface area contributed by atoms with Crippen LogP contribution in [0, 0.1) is 13.8 Å². The number of carbonyl (C=O) groups excluding carboxylic acids is 2. The van der Waals surface area contributed by atoms with Gasteiger partial charge in [-0.3, -0.25) is 9.59 Å². The van der Waals surface area contributed by atoms with Gasteiger partial charge in [0.05, 0.1) is 11.8 Å². The van der Waals surface area contributed by atoms with E-state index in [0.29, 0.717) is 0 Å². The lowest BCUT2D eigenvalue weighted by molar-refractivity contribution is -0.137. The lowest BCUT2D eigenvalue weighted by Gasteiger charge is -2.10. The van der Waals surface area contributed by atoms with Crippen LogP contribution in [0.3, 0.4) is 0 Å². The first-order valence-electron chi connectivity index (χ1n) is 9.33. The fraction of sp³-hybridized carbons (Fsp3) is 0.136. The van der Waals surface area contributed by atoms with Gasteiger partial charge in [-0.15, -0.1) is 0 Å². The highest BCUT2D eigenvalue weighted by Crippen LogP contribution is 2.30. The van der Waals surface area contributed by atoms with Gasteiger partial charge in [0.25, 0.3) is 0 Å². The number of alkyl halides is 3.